The Labute approximate surface area is 102 Å². The molecule has 3 unspecified atom stereocenters. The molecule has 0 aliphatic carbocycles. The Kier molecular flexibility index (Phi) is 4.37. The number of hydrogen-bond donors (Lipinski definition) is 2. The van der Waals surface area contributed by atoms with Gasteiger partial charge in [0.05, 0.1) is 6.26 Å². The molecule has 1 heterocycles. The van der Waals surface area contributed by atoms with E-state index in [-0.39, 0.29) is 18.5 Å². The van der Waals surface area contributed by atoms with Crippen molar-refractivity contribution in [1.29, 1.82) is 0 Å². The van der Waals surface area contributed by atoms with Crippen molar-refractivity contribution in [3.05, 3.63) is 0 Å². The lowest BCUT2D eigenvalue weighted by Crippen LogP contribution is -2.49. The molecule has 1 amide bonds. The van der Waals surface area contributed by atoms with Gasteiger partial charge in [0.2, 0.25) is 10.0 Å². The third-order valence-corrected chi connectivity index (χ3v) is 4.32. The van der Waals surface area contributed by atoms with Crippen molar-refractivity contribution in [2.24, 2.45) is 11.8 Å². The second kappa shape index (κ2) is 5.22. The maximum absolute atomic E-state index is 11.4. The van der Waals surface area contributed by atoms with Crippen molar-refractivity contribution in [2.75, 3.05) is 19.3 Å². The normalized spacial score (nSPS) is 29.9. The lowest BCUT2D eigenvalue weighted by Gasteiger charge is -2.35. The first-order valence-electron chi connectivity index (χ1n) is 5.65. The molecule has 0 radical (unpaired) electrons. The minimum atomic E-state index is -3.70. The molecule has 0 bridgehead atoms. The van der Waals surface area contributed by atoms with Crippen LogP contribution in [0.15, 0.2) is 0 Å². The topological polar surface area (TPSA) is 86.7 Å². The Morgan fingerprint density at radius 2 is 2.06 bits per heavy atom. The van der Waals surface area contributed by atoms with Gasteiger partial charge >= 0.3 is 6.09 Å². The van der Waals surface area contributed by atoms with E-state index < -0.39 is 16.1 Å². The van der Waals surface area contributed by atoms with E-state index in [2.05, 4.69) is 12.2 Å². The summed E-state index contributed by atoms with van der Waals surface area (Å²) in [5.41, 5.74) is 0. The lowest BCUT2D eigenvalue weighted by atomic mass is 9.86. The maximum atomic E-state index is 11.4. The lowest BCUT2D eigenvalue weighted by molar-refractivity contribution is 0.153. The molecule has 0 aromatic carbocycles. The van der Waals surface area contributed by atoms with Crippen LogP contribution in [0.5, 0.6) is 0 Å². The second-order valence-electron chi connectivity index (χ2n) is 4.87. The number of carbonyl (C=O) groups is 1. The van der Waals surface area contributed by atoms with E-state index in [9.17, 15) is 13.2 Å². The van der Waals surface area contributed by atoms with E-state index in [1.807, 2.05) is 6.92 Å². The summed E-state index contributed by atoms with van der Waals surface area (Å²) >= 11 is 0. The Morgan fingerprint density at radius 1 is 1.47 bits per heavy atom. The predicted octanol–water partition coefficient (Wildman–Crippen LogP) is 0.560. The highest BCUT2D eigenvalue weighted by atomic mass is 32.2. The Hall–Kier alpha value is -0.820. The molecule has 1 rings (SSSR count). The molecule has 2 N–H and O–H groups in total. The molecule has 1 aliphatic heterocycles. The molecule has 6 nitrogen and oxygen atoms in total. The quantitative estimate of drug-likeness (QED) is 0.778. The maximum Gasteiger partial charge on any atom is 0.421 e. The number of amides is 1. The molecule has 7 heteroatoms. The summed E-state index contributed by atoms with van der Waals surface area (Å²) in [7, 11) is -3.70. The molecule has 0 aromatic rings. The van der Waals surface area contributed by atoms with Gasteiger partial charge in [-0.2, -0.15) is 0 Å². The third kappa shape index (κ3) is 3.85. The van der Waals surface area contributed by atoms with E-state index in [0.717, 1.165) is 19.2 Å². The van der Waals surface area contributed by atoms with Gasteiger partial charge in [-0.25, -0.2) is 17.5 Å². The minimum Gasteiger partial charge on any atom is -0.464 e. The van der Waals surface area contributed by atoms with Crippen LogP contribution in [0.2, 0.25) is 0 Å². The van der Waals surface area contributed by atoms with Crippen molar-refractivity contribution in [3.63, 3.8) is 0 Å². The fraction of sp³-hybridized carbons (Fsp3) is 0.900. The van der Waals surface area contributed by atoms with Crippen molar-refractivity contribution in [1.82, 2.24) is 9.62 Å². The van der Waals surface area contributed by atoms with E-state index in [1.165, 1.54) is 0 Å². The fourth-order valence-electron chi connectivity index (χ4n) is 2.16. The fourth-order valence-corrected chi connectivity index (χ4v) is 2.90. The highest BCUT2D eigenvalue weighted by Gasteiger charge is 2.32. The molecule has 0 saturated carbocycles. The number of sulfonamides is 1. The Balaban J connectivity index is 2.76. The van der Waals surface area contributed by atoms with Crippen molar-refractivity contribution >= 4 is 16.1 Å². The SMILES string of the molecule is CC1CNC(C)C(CN(C(=O)O)S(C)(=O)=O)C1. The van der Waals surface area contributed by atoms with E-state index in [4.69, 9.17) is 5.11 Å². The number of nitrogens with zero attached hydrogens (tertiary/aromatic N) is 1. The minimum absolute atomic E-state index is 0.0320. The van der Waals surface area contributed by atoms with Gasteiger partial charge in [-0.1, -0.05) is 6.92 Å². The zero-order valence-electron chi connectivity index (χ0n) is 10.4. The van der Waals surface area contributed by atoms with Gasteiger partial charge in [-0.05, 0) is 31.7 Å². The summed E-state index contributed by atoms with van der Waals surface area (Å²) in [5, 5.41) is 12.2. The molecule has 0 spiro atoms. The summed E-state index contributed by atoms with van der Waals surface area (Å²) < 4.78 is 23.3. The number of rotatable bonds is 3. The molecule has 1 saturated heterocycles. The Bertz CT molecular complexity index is 382. The van der Waals surface area contributed by atoms with Crippen LogP contribution in [0.1, 0.15) is 20.3 Å². The molecule has 100 valence electrons. The van der Waals surface area contributed by atoms with E-state index in [0.29, 0.717) is 10.2 Å². The average molecular weight is 264 g/mol. The largest absolute Gasteiger partial charge is 0.464 e. The van der Waals surface area contributed by atoms with Gasteiger partial charge < -0.3 is 10.4 Å². The van der Waals surface area contributed by atoms with Crippen LogP contribution < -0.4 is 5.32 Å². The summed E-state index contributed by atoms with van der Waals surface area (Å²) in [5.74, 6) is 0.469. The van der Waals surface area contributed by atoms with Crippen LogP contribution in [0.3, 0.4) is 0 Å². The first-order valence-corrected chi connectivity index (χ1v) is 7.50. The molecule has 3 atom stereocenters. The van der Waals surface area contributed by atoms with E-state index >= 15 is 0 Å². The molecule has 0 aromatic heterocycles. The summed E-state index contributed by atoms with van der Waals surface area (Å²) in [6.07, 6.45) is 0.358. The highest BCUT2D eigenvalue weighted by Crippen LogP contribution is 2.22. The summed E-state index contributed by atoms with van der Waals surface area (Å²) in [4.78, 5) is 10.9. The summed E-state index contributed by atoms with van der Waals surface area (Å²) in [6.45, 7) is 4.95. The smallest absolute Gasteiger partial charge is 0.421 e. The van der Waals surface area contributed by atoms with Crippen LogP contribution in [0.4, 0.5) is 4.79 Å². The zero-order valence-corrected chi connectivity index (χ0v) is 11.2. The van der Waals surface area contributed by atoms with Gasteiger partial charge in [0.1, 0.15) is 0 Å². The molecule has 1 fully saturated rings. The predicted molar refractivity (Wildman–Crippen MR) is 64.3 cm³/mol. The number of nitrogens with one attached hydrogen (secondary N) is 1. The number of piperidine rings is 1. The zero-order chi connectivity index (χ0) is 13.2. The van der Waals surface area contributed by atoms with Gasteiger partial charge in [-0.15, -0.1) is 0 Å². The van der Waals surface area contributed by atoms with Crippen LogP contribution in [-0.2, 0) is 10.0 Å². The molecule has 17 heavy (non-hydrogen) atoms. The third-order valence-electron chi connectivity index (χ3n) is 3.21. The van der Waals surface area contributed by atoms with Crippen molar-refractivity contribution in [2.45, 2.75) is 26.3 Å². The molecular formula is C10H20N2O4S. The van der Waals surface area contributed by atoms with Crippen LogP contribution in [0, 0.1) is 11.8 Å². The van der Waals surface area contributed by atoms with Gasteiger partial charge in [-0.3, -0.25) is 0 Å². The highest BCUT2D eigenvalue weighted by molar-refractivity contribution is 7.88. The van der Waals surface area contributed by atoms with Gasteiger partial charge in [0, 0.05) is 12.6 Å². The first kappa shape index (κ1) is 14.2. The number of hydrogen-bond acceptors (Lipinski definition) is 4. The average Bonchev–Trinajstić information content (AvgIpc) is 2.17. The second-order valence-corrected chi connectivity index (χ2v) is 6.78. The molecule has 1 aliphatic rings. The van der Waals surface area contributed by atoms with Gasteiger partial charge in [0.25, 0.3) is 0 Å². The van der Waals surface area contributed by atoms with Crippen LogP contribution >= 0.6 is 0 Å². The number of carboxylic acid groups (broad SMARTS) is 1. The van der Waals surface area contributed by atoms with E-state index in [1.54, 1.807) is 0 Å². The standard InChI is InChI=1S/C10H20N2O4S/c1-7-4-9(8(2)11-5-7)6-12(10(13)14)17(3,15)16/h7-9,11H,4-6H2,1-3H3,(H,13,14). The summed E-state index contributed by atoms with van der Waals surface area (Å²) in [6, 6.07) is 0.134. The first-order chi connectivity index (χ1) is 7.71. The van der Waals surface area contributed by atoms with Crippen molar-refractivity contribution < 1.29 is 18.3 Å². The molecular weight excluding hydrogens is 244 g/mol. The van der Waals surface area contributed by atoms with Crippen LogP contribution in [0.25, 0.3) is 0 Å². The van der Waals surface area contributed by atoms with Crippen LogP contribution in [-0.4, -0.2) is 49.3 Å². The van der Waals surface area contributed by atoms with Gasteiger partial charge in [0.15, 0.2) is 0 Å². The monoisotopic (exact) mass is 264 g/mol. The van der Waals surface area contributed by atoms with Crippen molar-refractivity contribution in [3.8, 4) is 0 Å². The Morgan fingerprint density at radius 3 is 2.53 bits per heavy atom.